The van der Waals surface area contributed by atoms with Crippen molar-refractivity contribution in [1.29, 1.82) is 0 Å². The maximum absolute atomic E-state index is 12.7. The fourth-order valence-electron chi connectivity index (χ4n) is 3.27. The zero-order valence-corrected chi connectivity index (χ0v) is 14.5. The summed E-state index contributed by atoms with van der Waals surface area (Å²) in [6, 6.07) is 16.3. The van der Waals surface area contributed by atoms with E-state index in [4.69, 9.17) is 4.74 Å². The lowest BCUT2D eigenvalue weighted by Crippen LogP contribution is -2.41. The Labute approximate surface area is 143 Å². The molecule has 2 aromatic rings. The molecule has 2 aromatic carbocycles. The number of aryl methyl sites for hydroxylation is 1. The highest BCUT2D eigenvalue weighted by Crippen LogP contribution is 2.36. The minimum Gasteiger partial charge on any atom is -0.484 e. The van der Waals surface area contributed by atoms with Crippen molar-refractivity contribution in [2.24, 2.45) is 0 Å². The Morgan fingerprint density at radius 3 is 2.75 bits per heavy atom. The summed E-state index contributed by atoms with van der Waals surface area (Å²) in [5, 5.41) is 0. The number of hydrogen-bond donors (Lipinski definition) is 0. The lowest BCUT2D eigenvalue weighted by molar-refractivity contribution is -0.120. The molecule has 3 rings (SSSR count). The van der Waals surface area contributed by atoms with Crippen LogP contribution in [0.1, 0.15) is 23.6 Å². The molecule has 4 heteroatoms. The standard InChI is InChI=1S/C20H24N2O2/c1-15-7-6-8-16(13-15)24-14-20(23)22-12-11-18(21(2)3)17-9-4-5-10-19(17)22/h4-10,13,18H,11-12,14H2,1-3H3. The average molecular weight is 324 g/mol. The maximum atomic E-state index is 12.7. The molecule has 1 heterocycles. The van der Waals surface area contributed by atoms with Gasteiger partial charge in [0, 0.05) is 18.3 Å². The van der Waals surface area contributed by atoms with E-state index < -0.39 is 0 Å². The van der Waals surface area contributed by atoms with E-state index in [-0.39, 0.29) is 12.5 Å². The molecule has 0 spiro atoms. The molecule has 0 aromatic heterocycles. The third-order valence-corrected chi connectivity index (χ3v) is 4.49. The first-order valence-electron chi connectivity index (χ1n) is 8.31. The highest BCUT2D eigenvalue weighted by atomic mass is 16.5. The van der Waals surface area contributed by atoms with Crippen LogP contribution in [0, 0.1) is 6.92 Å². The smallest absolute Gasteiger partial charge is 0.264 e. The van der Waals surface area contributed by atoms with Crippen LogP contribution in [-0.2, 0) is 4.79 Å². The number of benzene rings is 2. The van der Waals surface area contributed by atoms with Crippen molar-refractivity contribution in [1.82, 2.24) is 4.90 Å². The summed E-state index contributed by atoms with van der Waals surface area (Å²) < 4.78 is 5.69. The number of hydrogen-bond acceptors (Lipinski definition) is 3. The van der Waals surface area contributed by atoms with E-state index in [9.17, 15) is 4.79 Å². The van der Waals surface area contributed by atoms with E-state index in [0.29, 0.717) is 6.04 Å². The molecule has 4 nitrogen and oxygen atoms in total. The lowest BCUT2D eigenvalue weighted by atomic mass is 9.95. The average Bonchev–Trinajstić information content (AvgIpc) is 2.58. The van der Waals surface area contributed by atoms with E-state index >= 15 is 0 Å². The van der Waals surface area contributed by atoms with Crippen LogP contribution in [0.5, 0.6) is 5.75 Å². The number of nitrogens with zero attached hydrogens (tertiary/aromatic N) is 2. The molecular weight excluding hydrogens is 300 g/mol. The maximum Gasteiger partial charge on any atom is 0.264 e. The van der Waals surface area contributed by atoms with Gasteiger partial charge in [0.1, 0.15) is 5.75 Å². The van der Waals surface area contributed by atoms with Crippen molar-refractivity contribution < 1.29 is 9.53 Å². The van der Waals surface area contributed by atoms with Gasteiger partial charge in [-0.1, -0.05) is 30.3 Å². The molecule has 126 valence electrons. The number of carbonyl (C=O) groups excluding carboxylic acids is 1. The molecule has 24 heavy (non-hydrogen) atoms. The summed E-state index contributed by atoms with van der Waals surface area (Å²) in [6.45, 7) is 2.79. The Hall–Kier alpha value is -2.33. The third kappa shape index (κ3) is 3.44. The van der Waals surface area contributed by atoms with Crippen LogP contribution in [0.25, 0.3) is 0 Å². The molecule has 1 aliphatic rings. The first-order chi connectivity index (χ1) is 11.6. The quantitative estimate of drug-likeness (QED) is 0.864. The molecule has 0 aliphatic carbocycles. The highest BCUT2D eigenvalue weighted by molar-refractivity contribution is 5.95. The second kappa shape index (κ2) is 7.05. The first kappa shape index (κ1) is 16.5. The van der Waals surface area contributed by atoms with E-state index in [1.54, 1.807) is 0 Å². The number of para-hydroxylation sites is 1. The molecule has 0 fully saturated rings. The van der Waals surface area contributed by atoms with Gasteiger partial charge in [-0.25, -0.2) is 0 Å². The molecule has 0 saturated heterocycles. The molecule has 0 N–H and O–H groups in total. The molecule has 1 aliphatic heterocycles. The topological polar surface area (TPSA) is 32.8 Å². The van der Waals surface area contributed by atoms with E-state index in [0.717, 1.165) is 30.0 Å². The van der Waals surface area contributed by atoms with Crippen molar-refractivity contribution in [3.05, 3.63) is 59.7 Å². The van der Waals surface area contributed by atoms with Gasteiger partial charge in [-0.3, -0.25) is 4.79 Å². The second-order valence-corrected chi connectivity index (χ2v) is 6.48. The number of rotatable bonds is 4. The molecule has 1 unspecified atom stereocenters. The van der Waals surface area contributed by atoms with Gasteiger partial charge in [-0.15, -0.1) is 0 Å². The van der Waals surface area contributed by atoms with Gasteiger partial charge in [0.15, 0.2) is 6.61 Å². The molecule has 0 saturated carbocycles. The van der Waals surface area contributed by atoms with Crippen LogP contribution in [0.3, 0.4) is 0 Å². The predicted octanol–water partition coefficient (Wildman–Crippen LogP) is 3.41. The van der Waals surface area contributed by atoms with Gasteiger partial charge in [-0.05, 0) is 56.8 Å². The largest absolute Gasteiger partial charge is 0.484 e. The van der Waals surface area contributed by atoms with Gasteiger partial charge < -0.3 is 14.5 Å². The van der Waals surface area contributed by atoms with Crippen molar-refractivity contribution >= 4 is 11.6 Å². The summed E-state index contributed by atoms with van der Waals surface area (Å²) >= 11 is 0. The Morgan fingerprint density at radius 2 is 2.00 bits per heavy atom. The Morgan fingerprint density at radius 1 is 1.21 bits per heavy atom. The summed E-state index contributed by atoms with van der Waals surface area (Å²) in [6.07, 6.45) is 0.931. The second-order valence-electron chi connectivity index (χ2n) is 6.48. The highest BCUT2D eigenvalue weighted by Gasteiger charge is 2.29. The van der Waals surface area contributed by atoms with Gasteiger partial charge in [0.25, 0.3) is 5.91 Å². The van der Waals surface area contributed by atoms with E-state index in [1.807, 2.05) is 54.3 Å². The number of fused-ring (bicyclic) bond motifs is 1. The van der Waals surface area contributed by atoms with Crippen molar-refractivity contribution in [3.63, 3.8) is 0 Å². The Kier molecular flexibility index (Phi) is 4.86. The minimum atomic E-state index is 0.00108. The van der Waals surface area contributed by atoms with Gasteiger partial charge in [0.2, 0.25) is 0 Å². The first-order valence-corrected chi connectivity index (χ1v) is 8.31. The zero-order valence-electron chi connectivity index (χ0n) is 14.5. The van der Waals surface area contributed by atoms with Crippen LogP contribution in [0.2, 0.25) is 0 Å². The summed E-state index contributed by atoms with van der Waals surface area (Å²) in [5.41, 5.74) is 3.33. The van der Waals surface area contributed by atoms with Crippen molar-refractivity contribution in [3.8, 4) is 5.75 Å². The van der Waals surface area contributed by atoms with E-state index in [2.05, 4.69) is 25.1 Å². The molecule has 0 radical (unpaired) electrons. The number of amides is 1. The molecular formula is C20H24N2O2. The SMILES string of the molecule is Cc1cccc(OCC(=O)N2CCC(N(C)C)c3ccccc32)c1. The Balaban J connectivity index is 1.74. The van der Waals surface area contributed by atoms with Crippen LogP contribution in [0.4, 0.5) is 5.69 Å². The summed E-state index contributed by atoms with van der Waals surface area (Å²) in [7, 11) is 4.17. The minimum absolute atomic E-state index is 0.00108. The van der Waals surface area contributed by atoms with Gasteiger partial charge in [-0.2, -0.15) is 0 Å². The predicted molar refractivity (Wildman–Crippen MR) is 96.5 cm³/mol. The number of ether oxygens (including phenoxy) is 1. The van der Waals surface area contributed by atoms with Crippen LogP contribution >= 0.6 is 0 Å². The lowest BCUT2D eigenvalue weighted by Gasteiger charge is -2.37. The number of carbonyl (C=O) groups is 1. The summed E-state index contributed by atoms with van der Waals surface area (Å²) in [5.74, 6) is 0.737. The van der Waals surface area contributed by atoms with Crippen LogP contribution in [0.15, 0.2) is 48.5 Å². The number of anilines is 1. The molecule has 1 atom stereocenters. The normalized spacial score (nSPS) is 16.8. The zero-order chi connectivity index (χ0) is 17.1. The van der Waals surface area contributed by atoms with Crippen LogP contribution < -0.4 is 9.64 Å². The summed E-state index contributed by atoms with van der Waals surface area (Å²) in [4.78, 5) is 16.7. The monoisotopic (exact) mass is 324 g/mol. The Bertz CT molecular complexity index is 727. The molecule has 1 amide bonds. The van der Waals surface area contributed by atoms with Gasteiger partial charge in [0.05, 0.1) is 0 Å². The fourth-order valence-corrected chi connectivity index (χ4v) is 3.27. The van der Waals surface area contributed by atoms with Crippen LogP contribution in [-0.4, -0.2) is 38.1 Å². The fraction of sp³-hybridized carbons (Fsp3) is 0.350. The van der Waals surface area contributed by atoms with Crippen molar-refractivity contribution in [2.45, 2.75) is 19.4 Å². The molecule has 0 bridgehead atoms. The van der Waals surface area contributed by atoms with Gasteiger partial charge >= 0.3 is 0 Å². The van der Waals surface area contributed by atoms with E-state index in [1.165, 1.54) is 5.56 Å². The van der Waals surface area contributed by atoms with Crippen molar-refractivity contribution in [2.75, 3.05) is 32.1 Å². The third-order valence-electron chi connectivity index (χ3n) is 4.49.